The van der Waals surface area contributed by atoms with Gasteiger partial charge in [-0.3, -0.25) is 21.0 Å². The summed E-state index contributed by atoms with van der Waals surface area (Å²) in [6, 6.07) is 16.0. The van der Waals surface area contributed by atoms with Crippen LogP contribution in [0.5, 0.6) is 11.6 Å². The second-order valence-electron chi connectivity index (χ2n) is 4.81. The van der Waals surface area contributed by atoms with Gasteiger partial charge in [-0.05, 0) is 36.4 Å². The summed E-state index contributed by atoms with van der Waals surface area (Å²) < 4.78 is 6.40. The van der Waals surface area contributed by atoms with Crippen molar-refractivity contribution < 1.29 is 9.66 Å². The van der Waals surface area contributed by atoms with Crippen LogP contribution in [0.2, 0.25) is 0 Å². The number of nitrogens with zero attached hydrogens (tertiary/aromatic N) is 3. The molecule has 0 aliphatic heterocycles. The molecule has 2 N–H and O–H groups in total. The lowest BCUT2D eigenvalue weighted by molar-refractivity contribution is -0.385. The zero-order valence-corrected chi connectivity index (χ0v) is 14.3. The van der Waals surface area contributed by atoms with Gasteiger partial charge >= 0.3 is 11.6 Å². The quantitative estimate of drug-likeness (QED) is 0.466. The molecule has 0 bridgehead atoms. The number of hydrogen-bond donors (Lipinski definition) is 2. The maximum absolute atomic E-state index is 11.5. The van der Waals surface area contributed by atoms with Crippen molar-refractivity contribution >= 4 is 33.1 Å². The van der Waals surface area contributed by atoms with E-state index in [2.05, 4.69) is 36.7 Å². The first-order valence-corrected chi connectivity index (χ1v) is 7.92. The highest BCUT2D eigenvalue weighted by molar-refractivity contribution is 9.10. The minimum Gasteiger partial charge on any atom is -0.434 e. The molecule has 3 rings (SSSR count). The molecular weight excluding hydrogens is 390 g/mol. The lowest BCUT2D eigenvalue weighted by Crippen LogP contribution is -2.12. The summed E-state index contributed by atoms with van der Waals surface area (Å²) in [5.74, 6) is 0.266. The topological polar surface area (TPSA) is 102 Å². The smallest absolute Gasteiger partial charge is 0.374 e. The minimum atomic E-state index is -0.594. The monoisotopic (exact) mass is 401 g/mol. The van der Waals surface area contributed by atoms with Crippen molar-refractivity contribution in [3.8, 4) is 11.6 Å². The van der Waals surface area contributed by atoms with Crippen LogP contribution >= 0.6 is 15.9 Å². The Morgan fingerprint density at radius 1 is 1.00 bits per heavy atom. The summed E-state index contributed by atoms with van der Waals surface area (Å²) >= 11 is 3.32. The van der Waals surface area contributed by atoms with Gasteiger partial charge in [-0.1, -0.05) is 34.1 Å². The van der Waals surface area contributed by atoms with Crippen LogP contribution in [0.15, 0.2) is 65.4 Å². The summed E-state index contributed by atoms with van der Waals surface area (Å²) in [7, 11) is 0. The lowest BCUT2D eigenvalue weighted by atomic mass is 10.3. The molecule has 8 nitrogen and oxygen atoms in total. The number of rotatable bonds is 6. The van der Waals surface area contributed by atoms with E-state index in [4.69, 9.17) is 4.74 Å². The molecule has 25 heavy (non-hydrogen) atoms. The first-order valence-electron chi connectivity index (χ1n) is 7.13. The first kappa shape index (κ1) is 16.7. The Morgan fingerprint density at radius 2 is 1.72 bits per heavy atom. The molecule has 0 spiro atoms. The van der Waals surface area contributed by atoms with Crippen molar-refractivity contribution in [1.82, 2.24) is 9.97 Å². The van der Waals surface area contributed by atoms with Crippen molar-refractivity contribution in [2.75, 3.05) is 10.9 Å². The zero-order chi connectivity index (χ0) is 17.6. The third-order valence-corrected chi connectivity index (χ3v) is 3.63. The van der Waals surface area contributed by atoms with E-state index in [1.54, 1.807) is 36.4 Å². The average molecular weight is 402 g/mol. The molecule has 3 aromatic rings. The Kier molecular flexibility index (Phi) is 5.05. The van der Waals surface area contributed by atoms with Crippen LogP contribution in [0.3, 0.4) is 0 Å². The summed E-state index contributed by atoms with van der Waals surface area (Å²) in [5, 5.41) is 11.5. The van der Waals surface area contributed by atoms with Crippen LogP contribution in [0.4, 0.5) is 17.2 Å². The summed E-state index contributed by atoms with van der Waals surface area (Å²) in [6.07, 6.45) is 1.19. The maximum atomic E-state index is 11.5. The second kappa shape index (κ2) is 7.58. The van der Waals surface area contributed by atoms with E-state index in [0.29, 0.717) is 5.75 Å². The van der Waals surface area contributed by atoms with Crippen LogP contribution in [0.25, 0.3) is 0 Å². The maximum Gasteiger partial charge on any atom is 0.374 e. The van der Waals surface area contributed by atoms with E-state index < -0.39 is 4.92 Å². The third kappa shape index (κ3) is 4.21. The Labute approximate surface area is 151 Å². The van der Waals surface area contributed by atoms with Crippen molar-refractivity contribution in [2.45, 2.75) is 0 Å². The van der Waals surface area contributed by atoms with E-state index in [9.17, 15) is 10.1 Å². The molecule has 0 radical (unpaired) electrons. The van der Waals surface area contributed by atoms with Crippen LogP contribution in [0, 0.1) is 10.1 Å². The van der Waals surface area contributed by atoms with Gasteiger partial charge in [0.1, 0.15) is 12.1 Å². The van der Waals surface area contributed by atoms with E-state index >= 15 is 0 Å². The zero-order valence-electron chi connectivity index (χ0n) is 12.7. The van der Waals surface area contributed by atoms with E-state index in [0.717, 1.165) is 10.2 Å². The molecule has 0 atom stereocenters. The van der Waals surface area contributed by atoms with Gasteiger partial charge in [0.2, 0.25) is 5.82 Å². The molecule has 0 fully saturated rings. The molecule has 0 aliphatic carbocycles. The van der Waals surface area contributed by atoms with Crippen LogP contribution in [-0.2, 0) is 0 Å². The van der Waals surface area contributed by atoms with Crippen molar-refractivity contribution in [3.05, 3.63) is 75.5 Å². The fourth-order valence-corrected chi connectivity index (χ4v) is 2.22. The number of nitro groups is 1. The third-order valence-electron chi connectivity index (χ3n) is 3.10. The number of halogens is 1. The first-order chi connectivity index (χ1) is 12.1. The Balaban J connectivity index is 1.86. The van der Waals surface area contributed by atoms with Crippen LogP contribution in [-0.4, -0.2) is 14.9 Å². The molecule has 0 amide bonds. The molecule has 0 saturated heterocycles. The molecule has 0 unspecified atom stereocenters. The number of benzene rings is 2. The number of nitrogens with one attached hydrogen (secondary N) is 2. The van der Waals surface area contributed by atoms with Crippen molar-refractivity contribution in [2.24, 2.45) is 0 Å². The highest BCUT2D eigenvalue weighted by atomic mass is 79.9. The average Bonchev–Trinajstić information content (AvgIpc) is 2.62. The standard InChI is InChI=1S/C16H12BrN5O3/c17-11-6-8-13(9-7-11)25-16-14(22(23)24)15(18-10-19-16)21-20-12-4-2-1-3-5-12/h1-10,20H,(H,18,19,21). The van der Waals surface area contributed by atoms with Crippen LogP contribution < -0.4 is 15.6 Å². The van der Waals surface area contributed by atoms with Gasteiger partial charge in [0.05, 0.1) is 10.6 Å². The molecule has 0 saturated carbocycles. The number of ether oxygens (including phenoxy) is 1. The van der Waals surface area contributed by atoms with Gasteiger partial charge in [0.15, 0.2) is 0 Å². The van der Waals surface area contributed by atoms with Gasteiger partial charge < -0.3 is 4.74 Å². The molecule has 1 heterocycles. The number of aromatic nitrogens is 2. The number of anilines is 2. The van der Waals surface area contributed by atoms with Gasteiger partial charge in [0, 0.05) is 4.47 Å². The fraction of sp³-hybridized carbons (Fsp3) is 0. The fourth-order valence-electron chi connectivity index (χ4n) is 1.96. The van der Waals surface area contributed by atoms with Gasteiger partial charge in [-0.2, -0.15) is 4.98 Å². The Bertz CT molecular complexity index is 875. The molecular formula is C16H12BrN5O3. The van der Waals surface area contributed by atoms with Crippen LogP contribution in [0.1, 0.15) is 0 Å². The number of hydrogen-bond acceptors (Lipinski definition) is 7. The molecule has 1 aromatic heterocycles. The van der Waals surface area contributed by atoms with Gasteiger partial charge in [-0.15, -0.1) is 0 Å². The lowest BCUT2D eigenvalue weighted by Gasteiger charge is -2.11. The summed E-state index contributed by atoms with van der Waals surface area (Å²) in [6.45, 7) is 0. The molecule has 126 valence electrons. The summed E-state index contributed by atoms with van der Waals surface area (Å²) in [5.41, 5.74) is 5.92. The van der Waals surface area contributed by atoms with Crippen molar-refractivity contribution in [3.63, 3.8) is 0 Å². The Hall–Kier alpha value is -3.20. The van der Waals surface area contributed by atoms with E-state index in [-0.39, 0.29) is 17.4 Å². The molecule has 9 heteroatoms. The normalized spacial score (nSPS) is 10.1. The number of hydrazine groups is 1. The highest BCUT2D eigenvalue weighted by Crippen LogP contribution is 2.34. The second-order valence-corrected chi connectivity index (χ2v) is 5.72. The predicted molar refractivity (Wildman–Crippen MR) is 96.6 cm³/mol. The van der Waals surface area contributed by atoms with E-state index in [1.807, 2.05) is 18.2 Å². The minimum absolute atomic E-state index is 0.00374. The molecule has 2 aromatic carbocycles. The Morgan fingerprint density at radius 3 is 2.40 bits per heavy atom. The van der Waals surface area contributed by atoms with E-state index in [1.165, 1.54) is 6.33 Å². The molecule has 0 aliphatic rings. The summed E-state index contributed by atoms with van der Waals surface area (Å²) in [4.78, 5) is 18.7. The van der Waals surface area contributed by atoms with Gasteiger partial charge in [0.25, 0.3) is 0 Å². The van der Waals surface area contributed by atoms with Gasteiger partial charge in [-0.25, -0.2) is 4.98 Å². The predicted octanol–water partition coefficient (Wildman–Crippen LogP) is 4.38. The SMILES string of the molecule is O=[N+]([O-])c1c(NNc2ccccc2)ncnc1Oc1ccc(Br)cc1. The highest BCUT2D eigenvalue weighted by Gasteiger charge is 2.25. The largest absolute Gasteiger partial charge is 0.434 e. The van der Waals surface area contributed by atoms with Crippen molar-refractivity contribution in [1.29, 1.82) is 0 Å². The number of para-hydroxylation sites is 1.